The van der Waals surface area contributed by atoms with Crippen molar-refractivity contribution in [2.24, 2.45) is 0 Å². The summed E-state index contributed by atoms with van der Waals surface area (Å²) in [5.41, 5.74) is 2.25. The van der Waals surface area contributed by atoms with Crippen LogP contribution in [-0.4, -0.2) is 29.4 Å². The molecule has 0 fully saturated rings. The minimum atomic E-state index is -0.797. The minimum Gasteiger partial charge on any atom is -0.478 e. The van der Waals surface area contributed by atoms with Crippen molar-refractivity contribution in [1.82, 2.24) is 24.5 Å². The van der Waals surface area contributed by atoms with Crippen molar-refractivity contribution in [3.8, 4) is 23.1 Å². The van der Waals surface area contributed by atoms with E-state index in [9.17, 15) is 14.5 Å². The van der Waals surface area contributed by atoms with Crippen molar-refractivity contribution in [2.75, 3.05) is 0 Å². The van der Waals surface area contributed by atoms with Crippen LogP contribution in [-0.2, 0) is 6.54 Å². The Labute approximate surface area is 201 Å². The van der Waals surface area contributed by atoms with E-state index in [1.54, 1.807) is 23.8 Å². The van der Waals surface area contributed by atoms with Crippen LogP contribution in [0, 0.1) is 27.3 Å². The summed E-state index contributed by atoms with van der Waals surface area (Å²) in [6.45, 7) is 1.92. The van der Waals surface area contributed by atoms with Crippen LogP contribution in [0.4, 0.5) is 10.2 Å². The first-order chi connectivity index (χ1) is 16.4. The van der Waals surface area contributed by atoms with Crippen LogP contribution in [0.5, 0.6) is 5.75 Å². The van der Waals surface area contributed by atoms with Gasteiger partial charge in [-0.05, 0) is 51.0 Å². The smallest absolute Gasteiger partial charge is 0.406 e. The van der Waals surface area contributed by atoms with Gasteiger partial charge in [-0.2, -0.15) is 5.26 Å². The minimum absolute atomic E-state index is 0.0658. The fraction of sp³-hybridized carbons (Fsp3) is 0.136. The molecule has 0 aliphatic heterocycles. The number of rotatable bonds is 7. The molecule has 0 saturated heterocycles. The fourth-order valence-electron chi connectivity index (χ4n) is 3.36. The van der Waals surface area contributed by atoms with Crippen LogP contribution in [0.3, 0.4) is 0 Å². The molecule has 0 unspecified atom stereocenters. The molecule has 10 nitrogen and oxygen atoms in total. The molecule has 0 spiro atoms. The number of imidazole rings is 1. The molecule has 0 aliphatic carbocycles. The van der Waals surface area contributed by atoms with Gasteiger partial charge in [0.2, 0.25) is 5.75 Å². The molecule has 12 heteroatoms. The molecule has 0 aliphatic rings. The van der Waals surface area contributed by atoms with Gasteiger partial charge in [-0.25, -0.2) is 9.37 Å². The second kappa shape index (κ2) is 9.72. The highest BCUT2D eigenvalue weighted by Crippen LogP contribution is 2.35. The highest BCUT2D eigenvalue weighted by atomic mass is 79.9. The summed E-state index contributed by atoms with van der Waals surface area (Å²) in [4.78, 5) is 27.4. The van der Waals surface area contributed by atoms with Gasteiger partial charge in [-0.1, -0.05) is 0 Å². The Kier molecular flexibility index (Phi) is 6.55. The zero-order chi connectivity index (χ0) is 24.2. The first-order valence-corrected chi connectivity index (χ1v) is 10.6. The van der Waals surface area contributed by atoms with E-state index in [2.05, 4.69) is 35.9 Å². The molecule has 4 aromatic rings. The van der Waals surface area contributed by atoms with Crippen LogP contribution in [0.2, 0.25) is 0 Å². The molecule has 0 radical (unpaired) electrons. The normalized spacial score (nSPS) is 11.6. The maximum Gasteiger partial charge on any atom is 0.406 e. The first-order valence-electron chi connectivity index (χ1n) is 9.84. The topological polar surface area (TPSA) is 133 Å². The first kappa shape index (κ1) is 22.9. The van der Waals surface area contributed by atoms with Crippen LogP contribution in [0.25, 0.3) is 11.3 Å². The van der Waals surface area contributed by atoms with Gasteiger partial charge < -0.3 is 19.4 Å². The van der Waals surface area contributed by atoms with E-state index >= 15 is 0 Å². The van der Waals surface area contributed by atoms with Gasteiger partial charge in [-0.15, -0.1) is 0 Å². The van der Waals surface area contributed by atoms with Gasteiger partial charge in [0.05, 0.1) is 28.7 Å². The third-order valence-corrected chi connectivity index (χ3v) is 5.27. The number of pyridine rings is 1. The number of hydrogen-bond acceptors (Lipinski definition) is 8. The lowest BCUT2D eigenvalue weighted by molar-refractivity contribution is -0.390. The molecular weight excluding hydrogens is 509 g/mol. The van der Waals surface area contributed by atoms with Crippen LogP contribution in [0.1, 0.15) is 30.0 Å². The SMILES string of the molecule is C[C@@H](Oc1cc(Br)cnc1[N+](=O)[O-])c1cc(F)ccc1-c1nccnc1Cn1cnc(C#N)c1. The van der Waals surface area contributed by atoms with Gasteiger partial charge in [-0.3, -0.25) is 9.97 Å². The Morgan fingerprint density at radius 2 is 2.06 bits per heavy atom. The highest BCUT2D eigenvalue weighted by molar-refractivity contribution is 9.10. The van der Waals surface area contributed by atoms with E-state index in [1.807, 2.05) is 6.07 Å². The van der Waals surface area contributed by atoms with Gasteiger partial charge in [0, 0.05) is 35.8 Å². The fourth-order valence-corrected chi connectivity index (χ4v) is 3.67. The third kappa shape index (κ3) is 4.89. The second-order valence-electron chi connectivity index (χ2n) is 7.12. The van der Waals surface area contributed by atoms with Crippen LogP contribution in [0.15, 0.2) is 59.9 Å². The number of ether oxygens (including phenoxy) is 1. The van der Waals surface area contributed by atoms with E-state index in [4.69, 9.17) is 10.00 Å². The Bertz CT molecular complexity index is 1420. The van der Waals surface area contributed by atoms with Crippen molar-refractivity contribution in [3.63, 3.8) is 0 Å². The highest BCUT2D eigenvalue weighted by Gasteiger charge is 2.23. The largest absolute Gasteiger partial charge is 0.478 e. The molecule has 1 aromatic carbocycles. The summed E-state index contributed by atoms with van der Waals surface area (Å²) in [5, 5.41) is 20.4. The quantitative estimate of drug-likeness (QED) is 0.253. The number of nitrogens with zero attached hydrogens (tertiary/aromatic N) is 7. The number of nitro groups is 1. The molecule has 0 saturated carbocycles. The molecule has 3 aromatic heterocycles. The number of halogens is 2. The van der Waals surface area contributed by atoms with E-state index in [0.717, 1.165) is 0 Å². The number of hydrogen-bond donors (Lipinski definition) is 0. The summed E-state index contributed by atoms with van der Waals surface area (Å²) in [7, 11) is 0. The Balaban J connectivity index is 1.74. The summed E-state index contributed by atoms with van der Waals surface area (Å²) in [6, 6.07) is 7.54. The van der Waals surface area contributed by atoms with Crippen molar-refractivity contribution in [1.29, 1.82) is 5.26 Å². The molecule has 0 N–H and O–H groups in total. The molecule has 0 amide bonds. The van der Waals surface area contributed by atoms with Gasteiger partial charge >= 0.3 is 5.82 Å². The number of benzene rings is 1. The number of aromatic nitrogens is 5. The second-order valence-corrected chi connectivity index (χ2v) is 8.03. The van der Waals surface area contributed by atoms with E-state index < -0.39 is 22.7 Å². The molecule has 4 rings (SSSR count). The van der Waals surface area contributed by atoms with E-state index in [1.165, 1.54) is 43.1 Å². The van der Waals surface area contributed by atoms with Gasteiger partial charge in [0.15, 0.2) is 11.9 Å². The Morgan fingerprint density at radius 3 is 2.79 bits per heavy atom. The predicted octanol–water partition coefficient (Wildman–Crippen LogP) is 4.60. The molecule has 1 atom stereocenters. The molecule has 170 valence electrons. The summed E-state index contributed by atoms with van der Waals surface area (Å²) < 4.78 is 22.3. The summed E-state index contributed by atoms with van der Waals surface area (Å²) >= 11 is 3.23. The summed E-state index contributed by atoms with van der Waals surface area (Å²) in [6.07, 6.45) is 6.62. The monoisotopic (exact) mass is 523 g/mol. The zero-order valence-corrected chi connectivity index (χ0v) is 19.2. The maximum absolute atomic E-state index is 14.3. The molecular formula is C22H15BrFN7O3. The van der Waals surface area contributed by atoms with Gasteiger partial charge in [0.1, 0.15) is 18.0 Å². The maximum atomic E-state index is 14.3. The zero-order valence-electron chi connectivity index (χ0n) is 17.6. The Hall–Kier alpha value is -4.24. The molecule has 0 bridgehead atoms. The molecule has 34 heavy (non-hydrogen) atoms. The average molecular weight is 524 g/mol. The lowest BCUT2D eigenvalue weighted by Gasteiger charge is -2.19. The van der Waals surface area contributed by atoms with Crippen LogP contribution >= 0.6 is 15.9 Å². The Morgan fingerprint density at radius 1 is 1.26 bits per heavy atom. The van der Waals surface area contributed by atoms with Crippen molar-refractivity contribution in [2.45, 2.75) is 19.6 Å². The van der Waals surface area contributed by atoms with E-state index in [-0.39, 0.29) is 18.0 Å². The van der Waals surface area contributed by atoms with Crippen molar-refractivity contribution >= 4 is 21.7 Å². The lowest BCUT2D eigenvalue weighted by Crippen LogP contribution is -2.10. The average Bonchev–Trinajstić information content (AvgIpc) is 3.27. The number of nitriles is 1. The van der Waals surface area contributed by atoms with E-state index in [0.29, 0.717) is 27.0 Å². The third-order valence-electron chi connectivity index (χ3n) is 4.84. The summed E-state index contributed by atoms with van der Waals surface area (Å²) in [5.74, 6) is -1.03. The standard InChI is InChI=1S/C22H15BrFN7O3/c1-13(34-20-6-14(23)9-28-22(20)31(32)33)18-7-15(24)2-3-17(18)21-19(26-4-5-27-21)11-30-10-16(8-25)29-12-30/h2-7,9-10,12-13H,11H2,1H3/t13-/m1/s1. The van der Waals surface area contributed by atoms with Crippen LogP contribution < -0.4 is 4.74 Å². The lowest BCUT2D eigenvalue weighted by atomic mass is 9.98. The van der Waals surface area contributed by atoms with Crippen molar-refractivity contribution in [3.05, 3.63) is 92.7 Å². The molecule has 3 heterocycles. The van der Waals surface area contributed by atoms with Crippen molar-refractivity contribution < 1.29 is 14.1 Å². The predicted molar refractivity (Wildman–Crippen MR) is 121 cm³/mol. The van der Waals surface area contributed by atoms with Gasteiger partial charge in [0.25, 0.3) is 0 Å².